The smallest absolute Gasteiger partial charge is 0.343 e. The van der Waals surface area contributed by atoms with Gasteiger partial charge >= 0.3 is 5.97 Å². The fraction of sp³-hybridized carbons (Fsp3) is 0.467. The van der Waals surface area contributed by atoms with E-state index >= 15 is 0 Å². The van der Waals surface area contributed by atoms with Crippen molar-refractivity contribution in [2.45, 2.75) is 31.9 Å². The van der Waals surface area contributed by atoms with E-state index < -0.39 is 11.6 Å². The zero-order chi connectivity index (χ0) is 14.8. The molecule has 1 unspecified atom stereocenters. The van der Waals surface area contributed by atoms with Gasteiger partial charge in [-0.1, -0.05) is 29.8 Å². The number of amides is 1. The van der Waals surface area contributed by atoms with Crippen LogP contribution in [-0.4, -0.2) is 40.6 Å². The van der Waals surface area contributed by atoms with Gasteiger partial charge in [-0.25, -0.2) is 9.18 Å². The van der Waals surface area contributed by atoms with Crippen LogP contribution < -0.4 is 0 Å². The lowest BCUT2D eigenvalue weighted by Gasteiger charge is -2.17. The first-order valence-electron chi connectivity index (χ1n) is 6.66. The van der Waals surface area contributed by atoms with Gasteiger partial charge in [0, 0.05) is 19.4 Å². The molecule has 1 N–H and O–H groups in total. The highest BCUT2D eigenvalue weighted by Gasteiger charge is 2.46. The van der Waals surface area contributed by atoms with Gasteiger partial charge in [0.05, 0.1) is 6.54 Å². The minimum Gasteiger partial charge on any atom is -0.479 e. The molecule has 1 amide bonds. The van der Waals surface area contributed by atoms with Gasteiger partial charge in [-0.05, 0) is 18.9 Å². The van der Waals surface area contributed by atoms with E-state index in [2.05, 4.69) is 0 Å². The maximum atomic E-state index is 13.9. The number of rotatable bonds is 4. The van der Waals surface area contributed by atoms with Crippen molar-refractivity contribution in [3.05, 3.63) is 35.4 Å². The Morgan fingerprint density at radius 3 is 2.80 bits per heavy atom. The highest BCUT2D eigenvalue weighted by Crippen LogP contribution is 2.26. The third kappa shape index (κ3) is 3.15. The van der Waals surface area contributed by atoms with Gasteiger partial charge in [0.1, 0.15) is 0 Å². The van der Waals surface area contributed by atoms with Gasteiger partial charge in [-0.15, -0.1) is 0 Å². The summed E-state index contributed by atoms with van der Waals surface area (Å²) in [6.07, 6.45) is 0.737. The van der Waals surface area contributed by atoms with E-state index in [-0.39, 0.29) is 31.8 Å². The largest absolute Gasteiger partial charge is 0.479 e. The summed E-state index contributed by atoms with van der Waals surface area (Å²) in [7, 11) is 0. The Balaban J connectivity index is 1.89. The first kappa shape index (κ1) is 14.5. The average Bonchev–Trinajstić information content (AvgIpc) is 2.80. The van der Waals surface area contributed by atoms with E-state index in [1.807, 2.05) is 31.2 Å². The van der Waals surface area contributed by atoms with E-state index in [0.717, 1.165) is 11.1 Å². The Labute approximate surface area is 117 Å². The first-order valence-corrected chi connectivity index (χ1v) is 6.66. The van der Waals surface area contributed by atoms with Crippen LogP contribution in [0.1, 0.15) is 24.0 Å². The second kappa shape index (κ2) is 5.61. The van der Waals surface area contributed by atoms with Gasteiger partial charge in [0.25, 0.3) is 0 Å². The summed E-state index contributed by atoms with van der Waals surface area (Å²) >= 11 is 0. The molecule has 0 aromatic heterocycles. The van der Waals surface area contributed by atoms with Crippen LogP contribution in [0, 0.1) is 6.92 Å². The molecule has 1 aliphatic rings. The Morgan fingerprint density at radius 1 is 1.45 bits per heavy atom. The number of carboxylic acids is 1. The number of aliphatic carboxylic acids is 1. The summed E-state index contributed by atoms with van der Waals surface area (Å²) in [4.78, 5) is 24.1. The van der Waals surface area contributed by atoms with Crippen LogP contribution in [0.25, 0.3) is 0 Å². The number of halogens is 1. The highest BCUT2D eigenvalue weighted by molar-refractivity contribution is 5.82. The van der Waals surface area contributed by atoms with Crippen LogP contribution in [0.2, 0.25) is 0 Å². The molecule has 1 aromatic rings. The van der Waals surface area contributed by atoms with Gasteiger partial charge in [0.15, 0.2) is 0 Å². The lowest BCUT2D eigenvalue weighted by Crippen LogP contribution is -2.38. The molecule has 1 aromatic carbocycles. The summed E-state index contributed by atoms with van der Waals surface area (Å²) in [6, 6.07) is 7.87. The van der Waals surface area contributed by atoms with E-state index in [1.165, 1.54) is 4.90 Å². The number of nitrogens with zero attached hydrogens (tertiary/aromatic N) is 1. The summed E-state index contributed by atoms with van der Waals surface area (Å²) in [5.74, 6) is -1.67. The van der Waals surface area contributed by atoms with Crippen LogP contribution >= 0.6 is 0 Å². The predicted molar refractivity (Wildman–Crippen MR) is 72.2 cm³/mol. The fourth-order valence-corrected chi connectivity index (χ4v) is 2.44. The van der Waals surface area contributed by atoms with E-state index in [4.69, 9.17) is 5.11 Å². The lowest BCUT2D eigenvalue weighted by atomic mass is 10.1. The molecule has 1 atom stereocenters. The van der Waals surface area contributed by atoms with Gasteiger partial charge in [0.2, 0.25) is 11.6 Å². The maximum absolute atomic E-state index is 13.9. The Kier molecular flexibility index (Phi) is 4.06. The number of carboxylic acid groups (broad SMARTS) is 1. The van der Waals surface area contributed by atoms with Crippen molar-refractivity contribution in [1.82, 2.24) is 4.90 Å². The van der Waals surface area contributed by atoms with Crippen LogP contribution in [0.15, 0.2) is 24.3 Å². The molecule has 5 heteroatoms. The van der Waals surface area contributed by atoms with Gasteiger partial charge < -0.3 is 10.0 Å². The quantitative estimate of drug-likeness (QED) is 0.916. The van der Waals surface area contributed by atoms with Crippen LogP contribution in [0.3, 0.4) is 0 Å². The van der Waals surface area contributed by atoms with Crippen molar-refractivity contribution in [2.24, 2.45) is 0 Å². The van der Waals surface area contributed by atoms with Crippen molar-refractivity contribution in [1.29, 1.82) is 0 Å². The first-order chi connectivity index (χ1) is 9.40. The minimum atomic E-state index is -2.28. The normalized spacial score (nSPS) is 22.0. The van der Waals surface area contributed by atoms with Crippen LogP contribution in [0.4, 0.5) is 4.39 Å². The van der Waals surface area contributed by atoms with Crippen molar-refractivity contribution < 1.29 is 19.1 Å². The predicted octanol–water partition coefficient (Wildman–Crippen LogP) is 1.95. The minimum absolute atomic E-state index is 0.126. The van der Waals surface area contributed by atoms with Crippen molar-refractivity contribution >= 4 is 11.9 Å². The zero-order valence-corrected chi connectivity index (χ0v) is 11.4. The number of aryl methyl sites for hydroxylation is 2. The van der Waals surface area contributed by atoms with Crippen molar-refractivity contribution in [3.8, 4) is 0 Å². The van der Waals surface area contributed by atoms with Crippen LogP contribution in [0.5, 0.6) is 0 Å². The number of carbonyl (C=O) groups excluding carboxylic acids is 1. The molecule has 1 saturated heterocycles. The average molecular weight is 279 g/mol. The van der Waals surface area contributed by atoms with Gasteiger partial charge in [-0.3, -0.25) is 4.79 Å². The summed E-state index contributed by atoms with van der Waals surface area (Å²) in [5.41, 5.74) is -0.0917. The van der Waals surface area contributed by atoms with Gasteiger partial charge in [-0.2, -0.15) is 0 Å². The second-order valence-electron chi connectivity index (χ2n) is 5.32. The standard InChI is InChI=1S/C15H18FNO3/c1-11-3-2-4-12(9-11)5-6-13(18)17-8-7-15(16,10-17)14(19)20/h2-4,9H,5-8,10H2,1H3,(H,19,20). The van der Waals surface area contributed by atoms with Crippen LogP contribution in [-0.2, 0) is 16.0 Å². The number of hydrogen-bond acceptors (Lipinski definition) is 2. The number of alkyl halides is 1. The second-order valence-corrected chi connectivity index (χ2v) is 5.32. The van der Waals surface area contributed by atoms with Crippen molar-refractivity contribution in [2.75, 3.05) is 13.1 Å². The molecule has 20 heavy (non-hydrogen) atoms. The number of likely N-dealkylation sites (tertiary alicyclic amines) is 1. The number of hydrogen-bond donors (Lipinski definition) is 1. The molecule has 1 fully saturated rings. The molecule has 0 spiro atoms. The number of benzene rings is 1. The molecule has 0 saturated carbocycles. The molecule has 108 valence electrons. The molecule has 0 radical (unpaired) electrons. The molecule has 0 aliphatic carbocycles. The third-order valence-corrected chi connectivity index (χ3v) is 3.67. The SMILES string of the molecule is Cc1cccc(CCC(=O)N2CCC(F)(C(=O)O)C2)c1. The zero-order valence-electron chi connectivity index (χ0n) is 11.4. The number of carbonyl (C=O) groups is 2. The Hall–Kier alpha value is -1.91. The van der Waals surface area contributed by atoms with E-state index in [1.54, 1.807) is 0 Å². The molecule has 2 rings (SSSR count). The highest BCUT2D eigenvalue weighted by atomic mass is 19.1. The summed E-state index contributed by atoms with van der Waals surface area (Å²) < 4.78 is 13.9. The summed E-state index contributed by atoms with van der Waals surface area (Å²) in [6.45, 7) is 1.82. The molecule has 4 nitrogen and oxygen atoms in total. The lowest BCUT2D eigenvalue weighted by molar-refractivity contribution is -0.150. The van der Waals surface area contributed by atoms with Crippen molar-refractivity contribution in [3.63, 3.8) is 0 Å². The molecule has 0 bridgehead atoms. The molecular weight excluding hydrogens is 261 g/mol. The maximum Gasteiger partial charge on any atom is 0.343 e. The summed E-state index contributed by atoms with van der Waals surface area (Å²) in [5, 5.41) is 8.80. The monoisotopic (exact) mass is 279 g/mol. The third-order valence-electron chi connectivity index (χ3n) is 3.67. The fourth-order valence-electron chi connectivity index (χ4n) is 2.44. The van der Waals surface area contributed by atoms with E-state index in [9.17, 15) is 14.0 Å². The Bertz CT molecular complexity index is 532. The molecular formula is C15H18FNO3. The molecule has 1 heterocycles. The topological polar surface area (TPSA) is 57.6 Å². The van der Waals surface area contributed by atoms with E-state index in [0.29, 0.717) is 6.42 Å². The molecule has 1 aliphatic heterocycles. The Morgan fingerprint density at radius 2 is 2.20 bits per heavy atom.